The van der Waals surface area contributed by atoms with E-state index in [0.717, 1.165) is 11.4 Å². The number of fused-ring (bicyclic) bond motifs is 1. The lowest BCUT2D eigenvalue weighted by atomic mass is 10.2. The van der Waals surface area contributed by atoms with Crippen molar-refractivity contribution in [3.63, 3.8) is 0 Å². The summed E-state index contributed by atoms with van der Waals surface area (Å²) in [6.45, 7) is 3.81. The van der Waals surface area contributed by atoms with E-state index >= 15 is 0 Å². The Kier molecular flexibility index (Phi) is 4.51. The topological polar surface area (TPSA) is 116 Å². The Labute approximate surface area is 176 Å². The first kappa shape index (κ1) is 18.7. The molecule has 0 aliphatic carbocycles. The van der Waals surface area contributed by atoms with Crippen LogP contribution in [0, 0.1) is 13.8 Å². The minimum absolute atomic E-state index is 0.197. The summed E-state index contributed by atoms with van der Waals surface area (Å²) in [5, 5.41) is 19.5. The molecule has 1 N–H and O–H groups in total. The summed E-state index contributed by atoms with van der Waals surface area (Å²) in [6.07, 6.45) is 3.39. The smallest absolute Gasteiger partial charge is 0.261 e. The molecule has 0 unspecified atom stereocenters. The van der Waals surface area contributed by atoms with Crippen LogP contribution >= 0.6 is 0 Å². The van der Waals surface area contributed by atoms with Gasteiger partial charge in [-0.2, -0.15) is 10.1 Å². The molecule has 154 valence electrons. The highest BCUT2D eigenvalue weighted by Gasteiger charge is 2.18. The zero-order valence-electron chi connectivity index (χ0n) is 16.9. The van der Waals surface area contributed by atoms with Crippen LogP contribution in [0.1, 0.15) is 27.7 Å². The quantitative estimate of drug-likeness (QED) is 0.470. The zero-order valence-corrected chi connectivity index (χ0v) is 16.9. The van der Waals surface area contributed by atoms with Gasteiger partial charge < -0.3 is 9.84 Å². The number of nitrogens with zero attached hydrogens (tertiary/aromatic N) is 7. The zero-order chi connectivity index (χ0) is 21.4. The maximum absolute atomic E-state index is 12.8. The molecule has 0 radical (unpaired) electrons. The number of aryl methyl sites for hydroxylation is 1. The summed E-state index contributed by atoms with van der Waals surface area (Å²) >= 11 is 0. The molecule has 0 bridgehead atoms. The fourth-order valence-electron chi connectivity index (χ4n) is 3.37. The Bertz CT molecular complexity index is 1380. The van der Waals surface area contributed by atoms with E-state index in [1.54, 1.807) is 22.2 Å². The molecule has 0 spiro atoms. The first-order valence-corrected chi connectivity index (χ1v) is 9.63. The molecule has 0 fully saturated rings. The van der Waals surface area contributed by atoms with Gasteiger partial charge in [0.1, 0.15) is 0 Å². The van der Waals surface area contributed by atoms with Gasteiger partial charge in [0.05, 0.1) is 35.2 Å². The summed E-state index contributed by atoms with van der Waals surface area (Å²) < 4.78 is 8.78. The predicted octanol–water partition coefficient (Wildman–Crippen LogP) is 2.51. The Balaban J connectivity index is 1.37. The minimum atomic E-state index is -0.236. The number of rotatable bonds is 5. The average Bonchev–Trinajstić information content (AvgIpc) is 3.51. The predicted molar refractivity (Wildman–Crippen MR) is 110 cm³/mol. The second-order valence-corrected chi connectivity index (χ2v) is 6.95. The van der Waals surface area contributed by atoms with Gasteiger partial charge in [0.2, 0.25) is 0 Å². The summed E-state index contributed by atoms with van der Waals surface area (Å²) in [7, 11) is 0. The van der Waals surface area contributed by atoms with Crippen molar-refractivity contribution in [2.45, 2.75) is 20.4 Å². The van der Waals surface area contributed by atoms with E-state index in [4.69, 9.17) is 4.52 Å². The Morgan fingerprint density at radius 3 is 2.71 bits per heavy atom. The monoisotopic (exact) mass is 414 g/mol. The van der Waals surface area contributed by atoms with Crippen LogP contribution in [-0.4, -0.2) is 40.4 Å². The average molecular weight is 414 g/mol. The number of hydrogen-bond donors (Lipinski definition) is 1. The highest BCUT2D eigenvalue weighted by Crippen LogP contribution is 2.22. The minimum Gasteiger partial charge on any atom is -0.345 e. The lowest BCUT2D eigenvalue weighted by Gasteiger charge is -2.06. The standard InChI is InChI=1S/C21H18N8O2/c1-13-17(11-23-29(13)15-7-4-3-5-8-15)20(30)22-12-18-25-26-19-16(9-6-10-28(18)19)21-24-14(2)27-31-21/h3-11H,12H2,1-2H3,(H,22,30). The molecule has 10 nitrogen and oxygen atoms in total. The first-order chi connectivity index (χ1) is 15.1. The molecule has 0 aliphatic rings. The molecule has 0 saturated heterocycles. The number of carbonyl (C=O) groups excluding carboxylic acids is 1. The molecule has 5 rings (SSSR count). The van der Waals surface area contributed by atoms with Crippen LogP contribution in [0.15, 0.2) is 59.4 Å². The molecule has 1 amide bonds. The van der Waals surface area contributed by atoms with Crippen LogP contribution in [-0.2, 0) is 6.54 Å². The Morgan fingerprint density at radius 2 is 1.94 bits per heavy atom. The number of amides is 1. The molecule has 10 heteroatoms. The Hall–Kier alpha value is -4.34. The van der Waals surface area contributed by atoms with Crippen molar-refractivity contribution in [2.24, 2.45) is 0 Å². The fraction of sp³-hybridized carbons (Fsp3) is 0.143. The van der Waals surface area contributed by atoms with Crippen molar-refractivity contribution in [3.05, 3.63) is 77.8 Å². The number of benzene rings is 1. The number of carbonyl (C=O) groups is 1. The largest absolute Gasteiger partial charge is 0.345 e. The van der Waals surface area contributed by atoms with Crippen LogP contribution in [0.5, 0.6) is 0 Å². The van der Waals surface area contributed by atoms with Crippen LogP contribution < -0.4 is 5.32 Å². The summed E-state index contributed by atoms with van der Waals surface area (Å²) in [4.78, 5) is 17.0. The molecule has 5 aromatic rings. The molecule has 0 saturated carbocycles. The number of hydrogen-bond acceptors (Lipinski definition) is 7. The van der Waals surface area contributed by atoms with Gasteiger partial charge in [-0.3, -0.25) is 9.20 Å². The number of nitrogens with one attached hydrogen (secondary N) is 1. The third-order valence-corrected chi connectivity index (χ3v) is 4.93. The molecule has 0 aliphatic heterocycles. The van der Waals surface area contributed by atoms with Crippen LogP contribution in [0.2, 0.25) is 0 Å². The van der Waals surface area contributed by atoms with Gasteiger partial charge in [0.25, 0.3) is 11.8 Å². The highest BCUT2D eigenvalue weighted by atomic mass is 16.5. The lowest BCUT2D eigenvalue weighted by molar-refractivity contribution is 0.0949. The van der Waals surface area contributed by atoms with Crippen LogP contribution in [0.3, 0.4) is 0 Å². The first-order valence-electron chi connectivity index (χ1n) is 9.63. The number of aromatic nitrogens is 7. The molecule has 4 heterocycles. The van der Waals surface area contributed by atoms with Crippen LogP contribution in [0.4, 0.5) is 0 Å². The SMILES string of the molecule is Cc1noc(-c2cccn3c(CNC(=O)c4cnn(-c5ccccc5)c4C)nnc23)n1. The molecule has 31 heavy (non-hydrogen) atoms. The van der Waals surface area contributed by atoms with Gasteiger partial charge in [-0.15, -0.1) is 10.2 Å². The fourth-order valence-corrected chi connectivity index (χ4v) is 3.37. The van der Waals surface area contributed by atoms with Gasteiger partial charge >= 0.3 is 0 Å². The third kappa shape index (κ3) is 3.33. The van der Waals surface area contributed by atoms with Crippen molar-refractivity contribution in [3.8, 4) is 17.1 Å². The van der Waals surface area contributed by atoms with Crippen LogP contribution in [0.25, 0.3) is 22.8 Å². The van der Waals surface area contributed by atoms with E-state index in [9.17, 15) is 4.79 Å². The molecule has 4 aromatic heterocycles. The van der Waals surface area contributed by atoms with E-state index in [1.165, 1.54) is 0 Å². The van der Waals surface area contributed by atoms with E-state index < -0.39 is 0 Å². The second-order valence-electron chi connectivity index (χ2n) is 6.95. The maximum atomic E-state index is 12.8. The summed E-state index contributed by atoms with van der Waals surface area (Å²) in [5.74, 6) is 1.25. The maximum Gasteiger partial charge on any atom is 0.261 e. The molecule has 1 aromatic carbocycles. The summed E-state index contributed by atoms with van der Waals surface area (Å²) in [5.41, 5.74) is 3.39. The van der Waals surface area contributed by atoms with E-state index in [-0.39, 0.29) is 12.5 Å². The van der Waals surface area contributed by atoms with Gasteiger partial charge in [-0.1, -0.05) is 23.4 Å². The third-order valence-electron chi connectivity index (χ3n) is 4.93. The van der Waals surface area contributed by atoms with E-state index in [0.29, 0.717) is 34.3 Å². The molecule has 0 atom stereocenters. The van der Waals surface area contributed by atoms with Gasteiger partial charge in [-0.05, 0) is 38.1 Å². The lowest BCUT2D eigenvalue weighted by Crippen LogP contribution is -2.24. The van der Waals surface area contributed by atoms with Crippen molar-refractivity contribution < 1.29 is 9.32 Å². The van der Waals surface area contributed by atoms with E-state index in [2.05, 4.69) is 30.8 Å². The van der Waals surface area contributed by atoms with Gasteiger partial charge in [0.15, 0.2) is 17.3 Å². The number of pyridine rings is 1. The molecular formula is C21H18N8O2. The van der Waals surface area contributed by atoms with Crippen molar-refractivity contribution in [2.75, 3.05) is 0 Å². The van der Waals surface area contributed by atoms with Crippen molar-refractivity contribution in [1.29, 1.82) is 0 Å². The molecular weight excluding hydrogens is 396 g/mol. The van der Waals surface area contributed by atoms with Gasteiger partial charge in [-0.25, -0.2) is 4.68 Å². The summed E-state index contributed by atoms with van der Waals surface area (Å²) in [6, 6.07) is 13.3. The highest BCUT2D eigenvalue weighted by molar-refractivity contribution is 5.95. The number of para-hydroxylation sites is 1. The Morgan fingerprint density at radius 1 is 1.10 bits per heavy atom. The van der Waals surface area contributed by atoms with E-state index in [1.807, 2.05) is 55.6 Å². The van der Waals surface area contributed by atoms with Gasteiger partial charge in [0, 0.05) is 6.20 Å². The van der Waals surface area contributed by atoms with Crippen molar-refractivity contribution in [1.82, 2.24) is 39.8 Å². The van der Waals surface area contributed by atoms with Crippen molar-refractivity contribution >= 4 is 11.6 Å². The second kappa shape index (κ2) is 7.48. The normalized spacial score (nSPS) is 11.2.